The van der Waals surface area contributed by atoms with Gasteiger partial charge < -0.3 is 4.57 Å². The number of thioether (sulfide) groups is 1. The van der Waals surface area contributed by atoms with E-state index in [4.69, 9.17) is 0 Å². The molecule has 0 unspecified atom stereocenters. The molecule has 146 valence electrons. The zero-order chi connectivity index (χ0) is 19.7. The molecule has 0 saturated carbocycles. The standard InChI is InChI=1S/C17H19N7O2S2/c1-3-4-7-24-14-12(15(25)20-17(24)26)23(2)11(18-14)9-28-16-19-13(21-22-16)10-6-5-8-27-10/h5-6,8H,3-4,7,9H2,1-2H3,(H,19,21,22)(H,20,25,26). The lowest BCUT2D eigenvalue weighted by atomic mass is 10.3. The van der Waals surface area contributed by atoms with Crippen molar-refractivity contribution in [3.63, 3.8) is 0 Å². The number of aromatic amines is 2. The van der Waals surface area contributed by atoms with E-state index in [1.165, 1.54) is 16.3 Å². The Labute approximate surface area is 167 Å². The van der Waals surface area contributed by atoms with Gasteiger partial charge in [0.05, 0.1) is 10.6 Å². The first-order valence-electron chi connectivity index (χ1n) is 8.86. The van der Waals surface area contributed by atoms with Crippen LogP contribution < -0.4 is 11.2 Å². The topological polar surface area (TPSA) is 114 Å². The number of hydrogen-bond acceptors (Lipinski definition) is 7. The van der Waals surface area contributed by atoms with Crippen molar-refractivity contribution in [1.82, 2.24) is 34.3 Å². The van der Waals surface area contributed by atoms with E-state index in [1.54, 1.807) is 23.0 Å². The number of imidazole rings is 1. The SMILES string of the molecule is CCCCn1c(=O)[nH]c(=O)c2c1nc(CSc1n[nH]c(-c3cccs3)n1)n2C. The molecule has 0 bridgehead atoms. The van der Waals surface area contributed by atoms with Crippen LogP contribution in [-0.4, -0.2) is 34.3 Å². The largest absolute Gasteiger partial charge is 0.330 e. The average molecular weight is 418 g/mol. The maximum absolute atomic E-state index is 12.3. The monoisotopic (exact) mass is 417 g/mol. The smallest absolute Gasteiger partial charge is 0.325 e. The fourth-order valence-electron chi connectivity index (χ4n) is 2.91. The fourth-order valence-corrected chi connectivity index (χ4v) is 4.35. The van der Waals surface area contributed by atoms with Crippen LogP contribution in [0.15, 0.2) is 32.3 Å². The van der Waals surface area contributed by atoms with Crippen molar-refractivity contribution in [3.05, 3.63) is 44.2 Å². The van der Waals surface area contributed by atoms with Crippen molar-refractivity contribution in [1.29, 1.82) is 0 Å². The number of aryl methyl sites for hydroxylation is 2. The van der Waals surface area contributed by atoms with Crippen molar-refractivity contribution in [2.24, 2.45) is 7.05 Å². The first kappa shape index (κ1) is 18.7. The van der Waals surface area contributed by atoms with E-state index in [-0.39, 0.29) is 0 Å². The lowest BCUT2D eigenvalue weighted by Crippen LogP contribution is -2.31. The summed E-state index contributed by atoms with van der Waals surface area (Å²) in [4.78, 5) is 37.0. The molecule has 0 aliphatic heterocycles. The summed E-state index contributed by atoms with van der Waals surface area (Å²) in [7, 11) is 1.78. The Morgan fingerprint density at radius 3 is 2.89 bits per heavy atom. The highest BCUT2D eigenvalue weighted by atomic mass is 32.2. The number of unbranched alkanes of at least 4 members (excludes halogenated alkanes) is 1. The molecular weight excluding hydrogens is 398 g/mol. The molecular formula is C17H19N7O2S2. The molecule has 4 heterocycles. The van der Waals surface area contributed by atoms with Gasteiger partial charge in [0.2, 0.25) is 5.16 Å². The third-order valence-corrected chi connectivity index (χ3v) is 6.11. The molecule has 0 atom stereocenters. The van der Waals surface area contributed by atoms with Crippen LogP contribution in [0.5, 0.6) is 0 Å². The first-order valence-corrected chi connectivity index (χ1v) is 10.7. The molecule has 0 radical (unpaired) electrons. The predicted molar refractivity (Wildman–Crippen MR) is 110 cm³/mol. The number of rotatable bonds is 7. The van der Waals surface area contributed by atoms with E-state index in [9.17, 15) is 9.59 Å². The van der Waals surface area contributed by atoms with E-state index in [0.29, 0.717) is 34.4 Å². The van der Waals surface area contributed by atoms with Crippen molar-refractivity contribution < 1.29 is 0 Å². The summed E-state index contributed by atoms with van der Waals surface area (Å²) in [6.45, 7) is 2.58. The van der Waals surface area contributed by atoms with Crippen LogP contribution in [0.1, 0.15) is 25.6 Å². The Morgan fingerprint density at radius 1 is 1.29 bits per heavy atom. The molecule has 0 aliphatic rings. The van der Waals surface area contributed by atoms with Crippen LogP contribution >= 0.6 is 23.1 Å². The number of fused-ring (bicyclic) bond motifs is 1. The van der Waals surface area contributed by atoms with Crippen LogP contribution in [0.2, 0.25) is 0 Å². The molecule has 0 aromatic carbocycles. The van der Waals surface area contributed by atoms with Gasteiger partial charge in [0.25, 0.3) is 5.56 Å². The van der Waals surface area contributed by atoms with Crippen LogP contribution in [0.3, 0.4) is 0 Å². The lowest BCUT2D eigenvalue weighted by molar-refractivity contribution is 0.613. The molecule has 0 spiro atoms. The van der Waals surface area contributed by atoms with E-state index in [2.05, 4.69) is 32.1 Å². The van der Waals surface area contributed by atoms with Crippen LogP contribution in [0.25, 0.3) is 21.9 Å². The Kier molecular flexibility index (Phi) is 5.18. The molecule has 4 rings (SSSR count). The normalized spacial score (nSPS) is 11.5. The van der Waals surface area contributed by atoms with Gasteiger partial charge >= 0.3 is 5.69 Å². The number of nitrogens with one attached hydrogen (secondary N) is 2. The highest BCUT2D eigenvalue weighted by molar-refractivity contribution is 7.98. The molecule has 0 saturated heterocycles. The Balaban J connectivity index is 1.62. The molecule has 0 fully saturated rings. The zero-order valence-corrected chi connectivity index (χ0v) is 17.1. The average Bonchev–Trinajstić information content (AvgIpc) is 3.40. The van der Waals surface area contributed by atoms with Crippen molar-refractivity contribution in [3.8, 4) is 10.7 Å². The van der Waals surface area contributed by atoms with Gasteiger partial charge in [-0.3, -0.25) is 19.4 Å². The fraction of sp³-hybridized carbons (Fsp3) is 0.353. The van der Waals surface area contributed by atoms with Gasteiger partial charge in [-0.2, -0.15) is 0 Å². The van der Waals surface area contributed by atoms with Crippen molar-refractivity contribution >= 4 is 34.3 Å². The summed E-state index contributed by atoms with van der Waals surface area (Å²) in [6, 6.07) is 3.94. The van der Waals surface area contributed by atoms with Crippen LogP contribution in [-0.2, 0) is 19.3 Å². The number of H-pyrrole nitrogens is 2. The van der Waals surface area contributed by atoms with Gasteiger partial charge in [0.15, 0.2) is 17.0 Å². The zero-order valence-electron chi connectivity index (χ0n) is 15.4. The maximum Gasteiger partial charge on any atom is 0.330 e. The Hall–Kier alpha value is -2.66. The number of aromatic nitrogens is 7. The predicted octanol–water partition coefficient (Wildman–Crippen LogP) is 2.36. The molecule has 4 aromatic heterocycles. The summed E-state index contributed by atoms with van der Waals surface area (Å²) in [5, 5.41) is 9.76. The van der Waals surface area contributed by atoms with E-state index < -0.39 is 11.2 Å². The van der Waals surface area contributed by atoms with Crippen molar-refractivity contribution in [2.75, 3.05) is 0 Å². The summed E-state index contributed by atoms with van der Waals surface area (Å²) in [5.41, 5.74) is -0.00943. The summed E-state index contributed by atoms with van der Waals surface area (Å²) >= 11 is 3.01. The van der Waals surface area contributed by atoms with Crippen molar-refractivity contribution in [2.45, 2.75) is 37.2 Å². The number of hydrogen-bond donors (Lipinski definition) is 2. The summed E-state index contributed by atoms with van der Waals surface area (Å²) in [6.07, 6.45) is 1.78. The summed E-state index contributed by atoms with van der Waals surface area (Å²) in [5.74, 6) is 1.89. The lowest BCUT2D eigenvalue weighted by Gasteiger charge is -2.04. The highest BCUT2D eigenvalue weighted by Crippen LogP contribution is 2.25. The van der Waals surface area contributed by atoms with Gasteiger partial charge in [-0.05, 0) is 17.9 Å². The van der Waals surface area contributed by atoms with Gasteiger partial charge in [-0.25, -0.2) is 14.8 Å². The second kappa shape index (κ2) is 7.76. The highest BCUT2D eigenvalue weighted by Gasteiger charge is 2.17. The third kappa shape index (κ3) is 3.42. The quantitative estimate of drug-likeness (QED) is 0.446. The van der Waals surface area contributed by atoms with Crippen LogP contribution in [0, 0.1) is 0 Å². The third-order valence-electron chi connectivity index (χ3n) is 4.39. The first-order chi connectivity index (χ1) is 13.6. The molecule has 28 heavy (non-hydrogen) atoms. The number of nitrogens with zero attached hydrogens (tertiary/aromatic N) is 5. The van der Waals surface area contributed by atoms with E-state index >= 15 is 0 Å². The molecule has 11 heteroatoms. The minimum atomic E-state index is -0.420. The Morgan fingerprint density at radius 2 is 2.14 bits per heavy atom. The maximum atomic E-state index is 12.3. The van der Waals surface area contributed by atoms with Gasteiger partial charge in [0.1, 0.15) is 5.82 Å². The van der Waals surface area contributed by atoms with Crippen LogP contribution in [0.4, 0.5) is 0 Å². The van der Waals surface area contributed by atoms with Gasteiger partial charge in [0, 0.05) is 13.6 Å². The minimum absolute atomic E-state index is 0.403. The second-order valence-electron chi connectivity index (χ2n) is 6.26. The van der Waals surface area contributed by atoms with Gasteiger partial charge in [-0.1, -0.05) is 31.2 Å². The molecule has 4 aromatic rings. The minimum Gasteiger partial charge on any atom is -0.325 e. The summed E-state index contributed by atoms with van der Waals surface area (Å²) < 4.78 is 3.27. The molecule has 2 N–H and O–H groups in total. The van der Waals surface area contributed by atoms with E-state index in [0.717, 1.165) is 23.5 Å². The van der Waals surface area contributed by atoms with Gasteiger partial charge in [-0.15, -0.1) is 16.4 Å². The molecule has 9 nitrogen and oxygen atoms in total. The molecule has 0 aliphatic carbocycles. The number of thiophene rings is 1. The van der Waals surface area contributed by atoms with E-state index in [1.807, 2.05) is 17.5 Å². The Bertz CT molecular complexity index is 1220. The second-order valence-corrected chi connectivity index (χ2v) is 8.15. The molecule has 0 amide bonds.